The van der Waals surface area contributed by atoms with Crippen molar-refractivity contribution in [3.8, 4) is 0 Å². The van der Waals surface area contributed by atoms with Crippen molar-refractivity contribution in [3.63, 3.8) is 0 Å². The van der Waals surface area contributed by atoms with Crippen LogP contribution in [0.5, 0.6) is 0 Å². The predicted octanol–water partition coefficient (Wildman–Crippen LogP) is 4.57. The maximum atomic E-state index is 3.55. The Morgan fingerprint density at radius 3 is 2.17 bits per heavy atom. The van der Waals surface area contributed by atoms with E-state index in [2.05, 4.69) is 65.7 Å². The fourth-order valence-corrected chi connectivity index (χ4v) is 4.50. The molecular formula is C16H33NS. The van der Waals surface area contributed by atoms with Gasteiger partial charge in [-0.05, 0) is 43.6 Å². The van der Waals surface area contributed by atoms with E-state index >= 15 is 0 Å². The molecule has 1 nitrogen and oxygen atoms in total. The second kappa shape index (κ2) is 6.65. The third-order valence-corrected chi connectivity index (χ3v) is 6.56. The van der Waals surface area contributed by atoms with Gasteiger partial charge in [0.25, 0.3) is 0 Å². The predicted molar refractivity (Wildman–Crippen MR) is 85.3 cm³/mol. The van der Waals surface area contributed by atoms with Crippen molar-refractivity contribution in [1.82, 2.24) is 5.32 Å². The van der Waals surface area contributed by atoms with Crippen molar-refractivity contribution < 1.29 is 0 Å². The minimum atomic E-state index is 0.471. The van der Waals surface area contributed by atoms with Crippen molar-refractivity contribution >= 4 is 11.8 Å². The highest BCUT2D eigenvalue weighted by atomic mass is 32.2. The van der Waals surface area contributed by atoms with Gasteiger partial charge in [0.15, 0.2) is 0 Å². The van der Waals surface area contributed by atoms with E-state index in [1.165, 1.54) is 19.3 Å². The molecule has 1 aliphatic rings. The van der Waals surface area contributed by atoms with E-state index in [1.54, 1.807) is 0 Å². The number of hydrogen-bond acceptors (Lipinski definition) is 2. The summed E-state index contributed by atoms with van der Waals surface area (Å²) in [5, 5.41) is 5.11. The Kier molecular flexibility index (Phi) is 6.05. The van der Waals surface area contributed by atoms with Gasteiger partial charge in [0.05, 0.1) is 0 Å². The average molecular weight is 272 g/mol. The summed E-state index contributed by atoms with van der Waals surface area (Å²) < 4.78 is 0. The van der Waals surface area contributed by atoms with Gasteiger partial charge < -0.3 is 5.32 Å². The molecule has 0 bridgehead atoms. The molecule has 0 aromatic carbocycles. The fraction of sp³-hybridized carbons (Fsp3) is 1.00. The minimum Gasteiger partial charge on any atom is -0.316 e. The molecule has 0 aromatic rings. The lowest BCUT2D eigenvalue weighted by atomic mass is 9.71. The second-order valence-corrected chi connectivity index (χ2v) is 9.02. The molecule has 1 rings (SSSR count). The summed E-state index contributed by atoms with van der Waals surface area (Å²) in [5.74, 6) is 1.67. The maximum Gasteiger partial charge on any atom is 0.0206 e. The number of nitrogens with one attached hydrogen (secondary N) is 1. The van der Waals surface area contributed by atoms with E-state index in [1.807, 2.05) is 0 Å². The quantitative estimate of drug-likeness (QED) is 0.804. The van der Waals surface area contributed by atoms with Crippen LogP contribution in [0.25, 0.3) is 0 Å². The van der Waals surface area contributed by atoms with Gasteiger partial charge in [-0.15, -0.1) is 0 Å². The topological polar surface area (TPSA) is 12.0 Å². The van der Waals surface area contributed by atoms with Crippen LogP contribution in [-0.4, -0.2) is 23.6 Å². The normalized spacial score (nSPS) is 31.7. The molecule has 1 aliphatic carbocycles. The monoisotopic (exact) mass is 271 g/mol. The highest BCUT2D eigenvalue weighted by molar-refractivity contribution is 8.00. The third kappa shape index (κ3) is 4.45. The van der Waals surface area contributed by atoms with E-state index in [0.717, 1.165) is 28.4 Å². The Bertz CT molecular complexity index is 244. The summed E-state index contributed by atoms with van der Waals surface area (Å²) >= 11 is 2.22. The molecule has 4 atom stereocenters. The highest BCUT2D eigenvalue weighted by Gasteiger charge is 2.36. The van der Waals surface area contributed by atoms with Crippen molar-refractivity contribution in [3.05, 3.63) is 0 Å². The van der Waals surface area contributed by atoms with E-state index in [-0.39, 0.29) is 0 Å². The van der Waals surface area contributed by atoms with Gasteiger partial charge in [-0.1, -0.05) is 41.5 Å². The van der Waals surface area contributed by atoms with Crippen LogP contribution < -0.4 is 5.32 Å². The van der Waals surface area contributed by atoms with Crippen molar-refractivity contribution in [2.75, 3.05) is 7.05 Å². The lowest BCUT2D eigenvalue weighted by Crippen LogP contribution is -2.44. The Labute approximate surface area is 119 Å². The number of thioether (sulfide) groups is 1. The van der Waals surface area contributed by atoms with Gasteiger partial charge in [0.1, 0.15) is 0 Å². The molecule has 1 fully saturated rings. The van der Waals surface area contributed by atoms with Crippen LogP contribution in [0, 0.1) is 17.3 Å². The molecule has 2 heteroatoms. The zero-order chi connectivity index (χ0) is 13.9. The van der Waals surface area contributed by atoms with E-state index < -0.39 is 0 Å². The molecule has 0 aliphatic heterocycles. The highest BCUT2D eigenvalue weighted by Crippen LogP contribution is 2.43. The van der Waals surface area contributed by atoms with E-state index in [0.29, 0.717) is 5.41 Å². The minimum absolute atomic E-state index is 0.471. The molecule has 0 heterocycles. The summed E-state index contributed by atoms with van der Waals surface area (Å²) in [7, 11) is 2.13. The van der Waals surface area contributed by atoms with Crippen LogP contribution in [0.4, 0.5) is 0 Å². The molecule has 1 N–H and O–H groups in total. The summed E-state index contributed by atoms with van der Waals surface area (Å²) in [5.41, 5.74) is 0.471. The van der Waals surface area contributed by atoms with Crippen LogP contribution in [0.2, 0.25) is 0 Å². The molecule has 1 saturated carbocycles. The molecule has 4 unspecified atom stereocenters. The first-order chi connectivity index (χ1) is 8.25. The Morgan fingerprint density at radius 2 is 1.72 bits per heavy atom. The third-order valence-electron chi connectivity index (χ3n) is 4.72. The van der Waals surface area contributed by atoms with Gasteiger partial charge in [0.2, 0.25) is 0 Å². The first-order valence-electron chi connectivity index (χ1n) is 7.58. The van der Waals surface area contributed by atoms with Crippen LogP contribution in [-0.2, 0) is 0 Å². The van der Waals surface area contributed by atoms with Gasteiger partial charge in [0, 0.05) is 16.5 Å². The van der Waals surface area contributed by atoms with Crippen molar-refractivity contribution in [2.24, 2.45) is 17.3 Å². The summed E-state index contributed by atoms with van der Waals surface area (Å²) in [6.45, 7) is 14.3. The molecule has 0 saturated heterocycles. The van der Waals surface area contributed by atoms with Crippen LogP contribution in [0.1, 0.15) is 60.8 Å². The second-order valence-electron chi connectivity index (χ2n) is 7.39. The molecule has 18 heavy (non-hydrogen) atoms. The van der Waals surface area contributed by atoms with Gasteiger partial charge in [-0.25, -0.2) is 0 Å². The van der Waals surface area contributed by atoms with Crippen molar-refractivity contribution in [1.29, 1.82) is 0 Å². The van der Waals surface area contributed by atoms with Crippen LogP contribution >= 0.6 is 11.8 Å². The Balaban J connectivity index is 2.65. The average Bonchev–Trinajstić information content (AvgIpc) is 2.27. The standard InChI is InChI=1S/C16H33NS/c1-11(2)12(3)18-15-10-13(16(4,5)6)8-9-14(15)17-7/h11-15,17H,8-10H2,1-7H3. The van der Waals surface area contributed by atoms with E-state index in [4.69, 9.17) is 0 Å². The maximum absolute atomic E-state index is 3.55. The number of hydrogen-bond donors (Lipinski definition) is 1. The zero-order valence-electron chi connectivity index (χ0n) is 13.4. The molecule has 0 spiro atoms. The number of rotatable bonds is 4. The smallest absolute Gasteiger partial charge is 0.0206 e. The van der Waals surface area contributed by atoms with Gasteiger partial charge >= 0.3 is 0 Å². The van der Waals surface area contributed by atoms with Gasteiger partial charge in [-0.3, -0.25) is 0 Å². The summed E-state index contributed by atoms with van der Waals surface area (Å²) in [4.78, 5) is 0. The van der Waals surface area contributed by atoms with E-state index in [9.17, 15) is 0 Å². The van der Waals surface area contributed by atoms with Crippen LogP contribution in [0.3, 0.4) is 0 Å². The Morgan fingerprint density at radius 1 is 1.11 bits per heavy atom. The van der Waals surface area contributed by atoms with Gasteiger partial charge in [-0.2, -0.15) is 11.8 Å². The van der Waals surface area contributed by atoms with Crippen LogP contribution in [0.15, 0.2) is 0 Å². The largest absolute Gasteiger partial charge is 0.316 e. The SMILES string of the molecule is CNC1CCC(C(C)(C)C)CC1SC(C)C(C)C. The molecular weight excluding hydrogens is 238 g/mol. The lowest BCUT2D eigenvalue weighted by molar-refractivity contribution is 0.167. The fourth-order valence-electron chi connectivity index (χ4n) is 2.83. The first kappa shape index (κ1) is 16.4. The molecule has 0 radical (unpaired) electrons. The molecule has 108 valence electrons. The van der Waals surface area contributed by atoms with Crippen molar-refractivity contribution in [2.45, 2.75) is 77.3 Å². The lowest BCUT2D eigenvalue weighted by Gasteiger charge is -2.42. The Hall–Kier alpha value is 0.310. The first-order valence-corrected chi connectivity index (χ1v) is 8.52. The summed E-state index contributed by atoms with van der Waals surface area (Å²) in [6.07, 6.45) is 4.12. The molecule has 0 amide bonds. The summed E-state index contributed by atoms with van der Waals surface area (Å²) in [6, 6.07) is 0.717. The zero-order valence-corrected chi connectivity index (χ0v) is 14.2. The molecule has 0 aromatic heterocycles.